The van der Waals surface area contributed by atoms with Crippen LogP contribution in [0.5, 0.6) is 5.75 Å². The quantitative estimate of drug-likeness (QED) is 0.232. The van der Waals surface area contributed by atoms with Gasteiger partial charge in [0.25, 0.3) is 0 Å². The van der Waals surface area contributed by atoms with Crippen LogP contribution in [0.15, 0.2) is 115 Å². The molecule has 4 aromatic carbocycles. The zero-order chi connectivity index (χ0) is 30.7. The Hall–Kier alpha value is -4.47. The number of hydrogen-bond donors (Lipinski definition) is 1. The van der Waals surface area contributed by atoms with Gasteiger partial charge >= 0.3 is 0 Å². The molecule has 1 N–H and O–H groups in total. The molecule has 0 spiro atoms. The van der Waals surface area contributed by atoms with Crippen molar-refractivity contribution in [3.8, 4) is 5.75 Å². The van der Waals surface area contributed by atoms with Gasteiger partial charge in [0.2, 0.25) is 21.8 Å². The summed E-state index contributed by atoms with van der Waals surface area (Å²) in [6.07, 6.45) is 1.33. The molecule has 0 aliphatic heterocycles. The third kappa shape index (κ3) is 9.26. The van der Waals surface area contributed by atoms with Gasteiger partial charge in [-0.25, -0.2) is 8.42 Å². The smallest absolute Gasteiger partial charge is 0.243 e. The fraction of sp³-hybridized carbons (Fsp3) is 0.235. The van der Waals surface area contributed by atoms with Crippen LogP contribution in [0, 0.1) is 0 Å². The molecular weight excluding hydrogens is 562 g/mol. The number of rotatable bonds is 14. The van der Waals surface area contributed by atoms with Gasteiger partial charge in [0, 0.05) is 31.6 Å². The first-order valence-corrected chi connectivity index (χ1v) is 15.9. The topological polar surface area (TPSA) is 96.0 Å². The lowest BCUT2D eigenvalue weighted by Gasteiger charge is -2.33. The number of carbonyl (C=O) groups excluding carboxylic acids is 2. The van der Waals surface area contributed by atoms with Crippen molar-refractivity contribution in [2.75, 3.05) is 19.9 Å². The maximum atomic E-state index is 14.1. The molecule has 0 aliphatic rings. The number of carbonyl (C=O) groups is 2. The van der Waals surface area contributed by atoms with Crippen molar-refractivity contribution >= 4 is 21.8 Å². The molecule has 4 rings (SSSR count). The predicted molar refractivity (Wildman–Crippen MR) is 167 cm³/mol. The summed E-state index contributed by atoms with van der Waals surface area (Å²) < 4.78 is 32.3. The molecule has 0 radical (unpaired) electrons. The summed E-state index contributed by atoms with van der Waals surface area (Å²) in [6.45, 7) is -0.0489. The molecule has 1 atom stereocenters. The molecule has 0 bridgehead atoms. The van der Waals surface area contributed by atoms with Crippen LogP contribution in [0.2, 0.25) is 0 Å². The number of ether oxygens (including phenoxy) is 1. The number of methoxy groups -OCH3 is 1. The predicted octanol–water partition coefficient (Wildman–Crippen LogP) is 4.41. The highest BCUT2D eigenvalue weighted by molar-refractivity contribution is 7.88. The number of benzene rings is 4. The van der Waals surface area contributed by atoms with Crippen LogP contribution in [-0.4, -0.2) is 55.4 Å². The molecule has 8 nitrogen and oxygen atoms in total. The average Bonchev–Trinajstić information content (AvgIpc) is 3.02. The fourth-order valence-electron chi connectivity index (χ4n) is 4.80. The molecule has 0 heterocycles. The van der Waals surface area contributed by atoms with Crippen LogP contribution in [0.25, 0.3) is 0 Å². The van der Waals surface area contributed by atoms with E-state index in [4.69, 9.17) is 4.74 Å². The maximum absolute atomic E-state index is 14.1. The summed E-state index contributed by atoms with van der Waals surface area (Å²) in [4.78, 5) is 29.6. The number of para-hydroxylation sites is 1. The van der Waals surface area contributed by atoms with E-state index in [1.54, 1.807) is 7.11 Å². The van der Waals surface area contributed by atoms with Gasteiger partial charge in [-0.15, -0.1) is 0 Å². The second-order valence-corrected chi connectivity index (χ2v) is 12.2. The van der Waals surface area contributed by atoms with E-state index in [9.17, 15) is 18.0 Å². The van der Waals surface area contributed by atoms with E-state index in [-0.39, 0.29) is 32.0 Å². The molecular formula is C34H37N3O5S. The summed E-state index contributed by atoms with van der Waals surface area (Å²) >= 11 is 0. The third-order valence-electron chi connectivity index (χ3n) is 7.09. The van der Waals surface area contributed by atoms with Gasteiger partial charge in [0.1, 0.15) is 11.8 Å². The van der Waals surface area contributed by atoms with Crippen LogP contribution in [0.3, 0.4) is 0 Å². The Labute approximate surface area is 254 Å². The number of hydrogen-bond acceptors (Lipinski definition) is 5. The molecule has 0 aromatic heterocycles. The van der Waals surface area contributed by atoms with Gasteiger partial charge in [-0.05, 0) is 22.8 Å². The van der Waals surface area contributed by atoms with Gasteiger partial charge in [-0.2, -0.15) is 4.31 Å². The summed E-state index contributed by atoms with van der Waals surface area (Å²) in [6, 6.07) is 34.4. The first kappa shape index (κ1) is 31.5. The van der Waals surface area contributed by atoms with E-state index in [1.807, 2.05) is 115 Å². The largest absolute Gasteiger partial charge is 0.496 e. The number of nitrogens with zero attached hydrogens (tertiary/aromatic N) is 2. The summed E-state index contributed by atoms with van der Waals surface area (Å²) in [5.74, 6) is -0.184. The Balaban J connectivity index is 1.67. The van der Waals surface area contributed by atoms with Crippen molar-refractivity contribution in [1.82, 2.24) is 14.5 Å². The van der Waals surface area contributed by atoms with Crippen molar-refractivity contribution in [3.63, 3.8) is 0 Å². The second-order valence-electron chi connectivity index (χ2n) is 10.3. The Morgan fingerprint density at radius 2 is 1.26 bits per heavy atom. The lowest BCUT2D eigenvalue weighted by molar-refractivity contribution is -0.141. The lowest BCUT2D eigenvalue weighted by Crippen LogP contribution is -2.53. The third-order valence-corrected chi connectivity index (χ3v) is 8.29. The van der Waals surface area contributed by atoms with E-state index in [2.05, 4.69) is 5.32 Å². The highest BCUT2D eigenvalue weighted by Crippen LogP contribution is 2.19. The summed E-state index contributed by atoms with van der Waals surface area (Å²) in [5.41, 5.74) is 3.24. The molecule has 2 amide bonds. The van der Waals surface area contributed by atoms with Gasteiger partial charge < -0.3 is 15.0 Å². The lowest BCUT2D eigenvalue weighted by atomic mass is 10.0. The molecule has 0 saturated carbocycles. The summed E-state index contributed by atoms with van der Waals surface area (Å²) in [5, 5.41) is 2.99. The van der Waals surface area contributed by atoms with Gasteiger partial charge in [0.05, 0.1) is 19.9 Å². The maximum Gasteiger partial charge on any atom is 0.243 e. The number of sulfonamides is 1. The highest BCUT2D eigenvalue weighted by Gasteiger charge is 2.33. The van der Waals surface area contributed by atoms with Crippen LogP contribution in [0.1, 0.15) is 22.3 Å². The van der Waals surface area contributed by atoms with E-state index < -0.39 is 28.5 Å². The van der Waals surface area contributed by atoms with Crippen LogP contribution in [-0.2, 0) is 45.7 Å². The number of amides is 2. The number of nitrogens with one attached hydrogen (secondary N) is 1. The normalized spacial score (nSPS) is 12.0. The average molecular weight is 600 g/mol. The minimum atomic E-state index is -3.75. The molecule has 4 aromatic rings. The second kappa shape index (κ2) is 15.1. The standard InChI is InChI=1S/C34H37N3O5S/c1-42-32-21-13-12-20-30(32)23-35-34(39)31(22-27-14-6-3-7-15-27)37(25-29-18-10-5-11-19-29)33(38)26-36(43(2,40)41)24-28-16-8-4-9-17-28/h3-21,31H,22-26H2,1-2H3,(H,35,39). The molecule has 9 heteroatoms. The van der Waals surface area contributed by atoms with Crippen molar-refractivity contribution in [2.24, 2.45) is 0 Å². The zero-order valence-electron chi connectivity index (χ0n) is 24.4. The summed E-state index contributed by atoms with van der Waals surface area (Å²) in [7, 11) is -2.18. The van der Waals surface area contributed by atoms with Gasteiger partial charge in [0.15, 0.2) is 0 Å². The van der Waals surface area contributed by atoms with Crippen LogP contribution < -0.4 is 10.1 Å². The Morgan fingerprint density at radius 1 is 0.744 bits per heavy atom. The molecule has 0 saturated heterocycles. The van der Waals surface area contributed by atoms with E-state index in [1.165, 1.54) is 4.90 Å². The van der Waals surface area contributed by atoms with Crippen molar-refractivity contribution < 1.29 is 22.7 Å². The van der Waals surface area contributed by atoms with E-state index in [0.717, 1.165) is 32.8 Å². The minimum absolute atomic E-state index is 0.0357. The van der Waals surface area contributed by atoms with Crippen molar-refractivity contribution in [2.45, 2.75) is 32.1 Å². The Kier molecular flexibility index (Phi) is 11.1. The monoisotopic (exact) mass is 599 g/mol. The van der Waals surface area contributed by atoms with Crippen molar-refractivity contribution in [1.29, 1.82) is 0 Å². The highest BCUT2D eigenvalue weighted by atomic mass is 32.2. The molecule has 1 unspecified atom stereocenters. The van der Waals surface area contributed by atoms with E-state index >= 15 is 0 Å². The minimum Gasteiger partial charge on any atom is -0.496 e. The van der Waals surface area contributed by atoms with Crippen LogP contribution >= 0.6 is 0 Å². The fourth-order valence-corrected chi connectivity index (χ4v) is 5.53. The first-order valence-electron chi connectivity index (χ1n) is 14.0. The SMILES string of the molecule is COc1ccccc1CNC(=O)C(Cc1ccccc1)N(Cc1ccccc1)C(=O)CN(Cc1ccccc1)S(C)(=O)=O. The Bertz CT molecular complexity index is 1580. The van der Waals surface area contributed by atoms with Gasteiger partial charge in [-0.1, -0.05) is 109 Å². The zero-order valence-corrected chi connectivity index (χ0v) is 25.2. The van der Waals surface area contributed by atoms with Crippen LogP contribution in [0.4, 0.5) is 0 Å². The molecule has 43 heavy (non-hydrogen) atoms. The van der Waals surface area contributed by atoms with E-state index in [0.29, 0.717) is 5.75 Å². The van der Waals surface area contributed by atoms with Gasteiger partial charge in [-0.3, -0.25) is 9.59 Å². The molecule has 0 fully saturated rings. The first-order chi connectivity index (χ1) is 20.7. The van der Waals surface area contributed by atoms with Crippen molar-refractivity contribution in [3.05, 3.63) is 138 Å². The molecule has 224 valence electrons. The molecule has 0 aliphatic carbocycles. The Morgan fingerprint density at radius 3 is 1.81 bits per heavy atom.